The molecule has 2 fully saturated rings. The Bertz CT molecular complexity index is 1150. The molecule has 4 heterocycles. The molecule has 1 spiro atoms. The number of anilines is 1. The molecule has 35 heavy (non-hydrogen) atoms. The van der Waals surface area contributed by atoms with Crippen LogP contribution in [-0.2, 0) is 32.6 Å². The van der Waals surface area contributed by atoms with E-state index >= 15 is 0 Å². The van der Waals surface area contributed by atoms with Gasteiger partial charge >= 0.3 is 0 Å². The number of aliphatic hydroxyl groups is 1. The number of carbonyl (C=O) groups is 3. The number of nitrogens with zero attached hydrogens (tertiary/aromatic N) is 4. The van der Waals surface area contributed by atoms with Gasteiger partial charge in [-0.05, 0) is 36.5 Å². The molecule has 1 N–H and O–H groups in total. The first-order chi connectivity index (χ1) is 16.9. The summed E-state index contributed by atoms with van der Waals surface area (Å²) in [5.74, 6) is -0.158. The highest BCUT2D eigenvalue weighted by molar-refractivity contribution is 7.13. The topological polar surface area (TPSA) is 103 Å². The molecule has 3 aliphatic heterocycles. The summed E-state index contributed by atoms with van der Waals surface area (Å²) in [5.41, 5.74) is 2.58. The highest BCUT2D eigenvalue weighted by Gasteiger charge is 2.49. The summed E-state index contributed by atoms with van der Waals surface area (Å²) in [6.07, 6.45) is 4.70. The molecule has 0 aliphatic carbocycles. The van der Waals surface area contributed by atoms with Crippen LogP contribution in [0.5, 0.6) is 5.06 Å². The summed E-state index contributed by atoms with van der Waals surface area (Å²) >= 11 is 1.36. The fourth-order valence-corrected chi connectivity index (χ4v) is 6.02. The van der Waals surface area contributed by atoms with E-state index in [-0.39, 0.29) is 29.6 Å². The first-order valence-corrected chi connectivity index (χ1v) is 12.8. The average molecular weight is 499 g/mol. The second-order valence-corrected chi connectivity index (χ2v) is 10.6. The quantitative estimate of drug-likeness (QED) is 0.619. The molecule has 3 aliphatic rings. The van der Waals surface area contributed by atoms with E-state index in [0.29, 0.717) is 42.5 Å². The van der Waals surface area contributed by atoms with Crippen molar-refractivity contribution in [1.82, 2.24) is 14.8 Å². The van der Waals surface area contributed by atoms with Gasteiger partial charge in [0.25, 0.3) is 0 Å². The van der Waals surface area contributed by atoms with Crippen LogP contribution in [0.2, 0.25) is 0 Å². The van der Waals surface area contributed by atoms with Crippen molar-refractivity contribution in [1.29, 1.82) is 0 Å². The van der Waals surface area contributed by atoms with E-state index in [1.165, 1.54) is 11.3 Å². The minimum atomic E-state index is -0.518. The lowest BCUT2D eigenvalue weighted by atomic mass is 9.80. The maximum absolute atomic E-state index is 13.4. The molecule has 2 saturated heterocycles. The normalized spacial score (nSPS) is 20.8. The highest BCUT2D eigenvalue weighted by atomic mass is 32.1. The van der Waals surface area contributed by atoms with E-state index in [1.807, 2.05) is 21.9 Å². The summed E-state index contributed by atoms with van der Waals surface area (Å²) in [4.78, 5) is 47.7. The van der Waals surface area contributed by atoms with Crippen molar-refractivity contribution in [2.75, 3.05) is 51.3 Å². The minimum Gasteiger partial charge on any atom is -0.486 e. The zero-order valence-corrected chi connectivity index (χ0v) is 20.7. The van der Waals surface area contributed by atoms with Crippen molar-refractivity contribution in [3.8, 4) is 5.06 Å². The van der Waals surface area contributed by atoms with Crippen LogP contribution in [0.25, 0.3) is 0 Å². The van der Waals surface area contributed by atoms with Crippen molar-refractivity contribution in [2.24, 2.45) is 0 Å². The van der Waals surface area contributed by atoms with E-state index in [1.54, 1.807) is 18.2 Å². The van der Waals surface area contributed by atoms with Gasteiger partial charge < -0.3 is 24.5 Å². The molecule has 1 aromatic carbocycles. The first kappa shape index (κ1) is 23.7. The molecule has 2 aromatic rings. The van der Waals surface area contributed by atoms with Gasteiger partial charge in [-0.15, -0.1) is 0 Å². The van der Waals surface area contributed by atoms with Crippen LogP contribution >= 0.6 is 11.3 Å². The van der Waals surface area contributed by atoms with E-state index in [4.69, 9.17) is 4.74 Å². The number of aliphatic hydroxyl groups excluding tert-OH is 1. The molecule has 5 rings (SSSR count). The standard InChI is InChI=1S/C25H30N4O5S/c1-34-24-13-26-20(35-24)12-22(32)29-16-25(7-10-28(15-25)23(33)14-30)18-11-17(3-5-19(18)29)4-6-21(31)27-8-2-9-27/h3,5,11,13,30H,2,4,6-10,12,14-16H2,1H3. The Morgan fingerprint density at radius 2 is 1.94 bits per heavy atom. The van der Waals surface area contributed by atoms with Gasteiger partial charge in [0.1, 0.15) is 11.6 Å². The van der Waals surface area contributed by atoms with Gasteiger partial charge in [-0.1, -0.05) is 23.5 Å². The Morgan fingerprint density at radius 1 is 1.11 bits per heavy atom. The Morgan fingerprint density at radius 3 is 2.63 bits per heavy atom. The van der Waals surface area contributed by atoms with Gasteiger partial charge in [-0.25, -0.2) is 4.98 Å². The van der Waals surface area contributed by atoms with Gasteiger partial charge in [0.2, 0.25) is 17.7 Å². The smallest absolute Gasteiger partial charge is 0.248 e. The molecule has 3 amide bonds. The number of thiazole rings is 1. The lowest BCUT2D eigenvalue weighted by molar-refractivity contribution is -0.134. The molecule has 10 heteroatoms. The summed E-state index contributed by atoms with van der Waals surface area (Å²) in [7, 11) is 1.58. The maximum Gasteiger partial charge on any atom is 0.248 e. The highest BCUT2D eigenvalue weighted by Crippen LogP contribution is 2.47. The van der Waals surface area contributed by atoms with Gasteiger partial charge in [0.15, 0.2) is 5.06 Å². The number of aryl methyl sites for hydroxylation is 1. The predicted octanol–water partition coefficient (Wildman–Crippen LogP) is 1.37. The number of hydrogen-bond donors (Lipinski definition) is 1. The molecule has 0 bridgehead atoms. The van der Waals surface area contributed by atoms with Crippen molar-refractivity contribution < 1.29 is 24.2 Å². The molecule has 0 saturated carbocycles. The summed E-state index contributed by atoms with van der Waals surface area (Å²) in [6, 6.07) is 6.09. The molecule has 1 aromatic heterocycles. The molecule has 1 atom stereocenters. The number of hydrogen-bond acceptors (Lipinski definition) is 7. The lowest BCUT2D eigenvalue weighted by Crippen LogP contribution is -2.42. The minimum absolute atomic E-state index is 0.0484. The summed E-state index contributed by atoms with van der Waals surface area (Å²) in [5, 5.41) is 10.7. The van der Waals surface area contributed by atoms with Gasteiger partial charge in [0.05, 0.1) is 19.7 Å². The van der Waals surface area contributed by atoms with E-state index < -0.39 is 6.61 Å². The lowest BCUT2D eigenvalue weighted by Gasteiger charge is -2.31. The zero-order valence-electron chi connectivity index (χ0n) is 19.9. The van der Waals surface area contributed by atoms with Crippen LogP contribution in [0.15, 0.2) is 24.4 Å². The van der Waals surface area contributed by atoms with Crippen LogP contribution < -0.4 is 9.64 Å². The van der Waals surface area contributed by atoms with Crippen molar-refractivity contribution in [2.45, 2.75) is 37.5 Å². The van der Waals surface area contributed by atoms with Crippen LogP contribution in [-0.4, -0.2) is 84.1 Å². The molecule has 186 valence electrons. The van der Waals surface area contributed by atoms with E-state index in [0.717, 1.165) is 42.7 Å². The first-order valence-electron chi connectivity index (χ1n) is 12.0. The Labute approximate surface area is 208 Å². The third-order valence-corrected chi connectivity index (χ3v) is 8.36. The monoisotopic (exact) mass is 498 g/mol. The van der Waals surface area contributed by atoms with E-state index in [9.17, 15) is 19.5 Å². The second-order valence-electron chi connectivity index (χ2n) is 9.52. The SMILES string of the molecule is COc1cnc(CC(=O)N2CC3(CCN(C(=O)CO)C3)c3cc(CCC(=O)N4CCC4)ccc32)s1. The van der Waals surface area contributed by atoms with Gasteiger partial charge in [-0.2, -0.15) is 0 Å². The fourth-order valence-electron chi connectivity index (χ4n) is 5.30. The van der Waals surface area contributed by atoms with Crippen molar-refractivity contribution in [3.05, 3.63) is 40.5 Å². The van der Waals surface area contributed by atoms with Crippen LogP contribution in [0.3, 0.4) is 0 Å². The van der Waals surface area contributed by atoms with Gasteiger partial charge in [-0.3, -0.25) is 14.4 Å². The number of ether oxygens (including phenoxy) is 1. The molecular formula is C25H30N4O5S. The number of carbonyl (C=O) groups excluding carboxylic acids is 3. The average Bonchev–Trinajstić information content (AvgIpc) is 3.54. The number of methoxy groups -OCH3 is 1. The third-order valence-electron chi connectivity index (χ3n) is 7.40. The number of fused-ring (bicyclic) bond motifs is 2. The van der Waals surface area contributed by atoms with Gasteiger partial charge in [0, 0.05) is 50.2 Å². The Hall–Kier alpha value is -2.98. The molecular weight excluding hydrogens is 468 g/mol. The predicted molar refractivity (Wildman–Crippen MR) is 131 cm³/mol. The fraction of sp³-hybridized carbons (Fsp3) is 0.520. The van der Waals surface area contributed by atoms with E-state index in [2.05, 4.69) is 11.1 Å². The van der Waals surface area contributed by atoms with Crippen LogP contribution in [0.1, 0.15) is 35.4 Å². The Kier molecular flexibility index (Phi) is 6.50. The molecule has 0 radical (unpaired) electrons. The molecule has 1 unspecified atom stereocenters. The van der Waals surface area contributed by atoms with Crippen molar-refractivity contribution in [3.63, 3.8) is 0 Å². The summed E-state index contributed by atoms with van der Waals surface area (Å²) < 4.78 is 5.20. The zero-order chi connectivity index (χ0) is 24.6. The largest absolute Gasteiger partial charge is 0.486 e. The van der Waals surface area contributed by atoms with Crippen LogP contribution in [0, 0.1) is 0 Å². The van der Waals surface area contributed by atoms with Crippen molar-refractivity contribution >= 4 is 34.7 Å². The number of rotatable bonds is 7. The third kappa shape index (κ3) is 4.52. The molecule has 9 nitrogen and oxygen atoms in total. The van der Waals surface area contributed by atoms with Crippen LogP contribution in [0.4, 0.5) is 5.69 Å². The number of likely N-dealkylation sites (tertiary alicyclic amines) is 2. The maximum atomic E-state index is 13.4. The number of benzene rings is 1. The number of aromatic nitrogens is 1. The number of amides is 3. The Balaban J connectivity index is 1.39. The summed E-state index contributed by atoms with van der Waals surface area (Å²) in [6.45, 7) is 2.67. The second kappa shape index (κ2) is 9.58.